The van der Waals surface area contributed by atoms with E-state index in [0.717, 1.165) is 24.2 Å². The van der Waals surface area contributed by atoms with Gasteiger partial charge in [0.05, 0.1) is 18.2 Å². The second-order valence-electron chi connectivity index (χ2n) is 6.18. The number of rotatable bonds is 6. The van der Waals surface area contributed by atoms with E-state index in [9.17, 15) is 0 Å². The molecule has 0 heterocycles. The lowest BCUT2D eigenvalue weighted by atomic mass is 9.73. The Morgan fingerprint density at radius 3 is 2.81 bits per heavy atom. The number of ether oxygens (including phenoxy) is 2. The van der Waals surface area contributed by atoms with Gasteiger partial charge in [-0.3, -0.25) is 0 Å². The van der Waals surface area contributed by atoms with Crippen LogP contribution in [0.3, 0.4) is 0 Å². The molecule has 0 amide bonds. The lowest BCUT2D eigenvalue weighted by Crippen LogP contribution is -2.47. The predicted molar refractivity (Wildman–Crippen MR) is 86.5 cm³/mol. The number of hydrogen-bond donors (Lipinski definition) is 1. The van der Waals surface area contributed by atoms with Crippen LogP contribution in [-0.4, -0.2) is 18.8 Å². The highest BCUT2D eigenvalue weighted by atomic mass is 16.5. The van der Waals surface area contributed by atoms with E-state index in [2.05, 4.69) is 26.0 Å². The summed E-state index contributed by atoms with van der Waals surface area (Å²) in [7, 11) is 0. The van der Waals surface area contributed by atoms with Gasteiger partial charge in [0, 0.05) is 6.61 Å². The van der Waals surface area contributed by atoms with E-state index in [1.807, 2.05) is 19.1 Å². The van der Waals surface area contributed by atoms with E-state index in [4.69, 9.17) is 15.2 Å². The topological polar surface area (TPSA) is 44.5 Å². The number of hydrogen-bond acceptors (Lipinski definition) is 3. The van der Waals surface area contributed by atoms with Crippen molar-refractivity contribution < 1.29 is 9.47 Å². The molecule has 0 aromatic heterocycles. The number of benzene rings is 1. The summed E-state index contributed by atoms with van der Waals surface area (Å²) in [5, 5.41) is 0. The van der Waals surface area contributed by atoms with E-state index < -0.39 is 0 Å². The Morgan fingerprint density at radius 1 is 1.33 bits per heavy atom. The summed E-state index contributed by atoms with van der Waals surface area (Å²) in [6.07, 6.45) is 4.56. The lowest BCUT2D eigenvalue weighted by Gasteiger charge is -2.44. The van der Waals surface area contributed by atoms with Gasteiger partial charge in [0.15, 0.2) is 0 Å². The molecule has 2 rings (SSSR count). The third-order valence-electron chi connectivity index (χ3n) is 4.52. The van der Waals surface area contributed by atoms with Gasteiger partial charge in [-0.1, -0.05) is 31.9 Å². The molecule has 1 aromatic rings. The summed E-state index contributed by atoms with van der Waals surface area (Å²) in [6.45, 7) is 7.75. The van der Waals surface area contributed by atoms with Gasteiger partial charge in [-0.25, -0.2) is 0 Å². The molecule has 1 saturated carbocycles. The highest BCUT2D eigenvalue weighted by Crippen LogP contribution is 2.42. The molecule has 3 nitrogen and oxygen atoms in total. The van der Waals surface area contributed by atoms with Crippen LogP contribution < -0.4 is 10.5 Å². The smallest absolute Gasteiger partial charge is 0.119 e. The van der Waals surface area contributed by atoms with E-state index in [1.54, 1.807) is 0 Å². The minimum atomic E-state index is -0.225. The Hall–Kier alpha value is -1.06. The first-order valence-electron chi connectivity index (χ1n) is 8.23. The van der Waals surface area contributed by atoms with Gasteiger partial charge in [-0.15, -0.1) is 0 Å². The van der Waals surface area contributed by atoms with Crippen LogP contribution in [0.15, 0.2) is 24.3 Å². The maximum absolute atomic E-state index is 6.64. The van der Waals surface area contributed by atoms with Gasteiger partial charge in [0.1, 0.15) is 5.75 Å². The summed E-state index contributed by atoms with van der Waals surface area (Å²) in [5.74, 6) is 1.56. The van der Waals surface area contributed by atoms with Gasteiger partial charge >= 0.3 is 0 Å². The third-order valence-corrected chi connectivity index (χ3v) is 4.52. The van der Waals surface area contributed by atoms with Crippen molar-refractivity contribution in [1.82, 2.24) is 0 Å². The highest BCUT2D eigenvalue weighted by Gasteiger charge is 2.41. The molecule has 0 spiro atoms. The molecule has 0 aliphatic heterocycles. The predicted octanol–water partition coefficient (Wildman–Crippen LogP) is 4.07. The summed E-state index contributed by atoms with van der Waals surface area (Å²) in [4.78, 5) is 0. The van der Waals surface area contributed by atoms with Crippen molar-refractivity contribution in [1.29, 1.82) is 0 Å². The molecule has 3 heteroatoms. The van der Waals surface area contributed by atoms with Gasteiger partial charge in [-0.2, -0.15) is 0 Å². The molecule has 3 atom stereocenters. The van der Waals surface area contributed by atoms with Crippen LogP contribution in [0.5, 0.6) is 5.75 Å². The SMILES string of the molecule is CCOc1cccc(C(N)C2(OCC)CCCC(C)C2)c1. The molecule has 118 valence electrons. The second kappa shape index (κ2) is 7.28. The minimum absolute atomic E-state index is 0.0967. The molecule has 1 aliphatic rings. The van der Waals surface area contributed by atoms with Crippen LogP contribution in [0.4, 0.5) is 0 Å². The molecule has 0 radical (unpaired) electrons. The maximum atomic E-state index is 6.64. The Kier molecular flexibility index (Phi) is 5.65. The summed E-state index contributed by atoms with van der Waals surface area (Å²) in [6, 6.07) is 8.06. The molecule has 1 aliphatic carbocycles. The fourth-order valence-corrected chi connectivity index (χ4v) is 3.60. The third kappa shape index (κ3) is 3.78. The van der Waals surface area contributed by atoms with Crippen LogP contribution >= 0.6 is 0 Å². The standard InChI is InChI=1S/C18H29NO2/c1-4-20-16-10-6-9-15(12-16)17(19)18(21-5-2)11-7-8-14(3)13-18/h6,9-10,12,14,17H,4-5,7-8,11,13,19H2,1-3H3. The molecule has 0 bridgehead atoms. The molecule has 21 heavy (non-hydrogen) atoms. The molecule has 1 aromatic carbocycles. The molecular formula is C18H29NO2. The molecule has 2 N–H and O–H groups in total. The van der Waals surface area contributed by atoms with Crippen LogP contribution in [0.1, 0.15) is 58.1 Å². The van der Waals surface area contributed by atoms with Crippen molar-refractivity contribution in [3.05, 3.63) is 29.8 Å². The van der Waals surface area contributed by atoms with Crippen molar-refractivity contribution in [3.8, 4) is 5.75 Å². The fraction of sp³-hybridized carbons (Fsp3) is 0.667. The lowest BCUT2D eigenvalue weighted by molar-refractivity contribution is -0.0938. The summed E-state index contributed by atoms with van der Waals surface area (Å²) < 4.78 is 11.8. The van der Waals surface area contributed by atoms with Crippen LogP contribution in [-0.2, 0) is 4.74 Å². The van der Waals surface area contributed by atoms with Crippen molar-refractivity contribution >= 4 is 0 Å². The van der Waals surface area contributed by atoms with Gasteiger partial charge in [-0.05, 0) is 50.3 Å². The largest absolute Gasteiger partial charge is 0.494 e. The molecular weight excluding hydrogens is 262 g/mol. The quantitative estimate of drug-likeness (QED) is 0.859. The maximum Gasteiger partial charge on any atom is 0.119 e. The Labute approximate surface area is 128 Å². The highest BCUT2D eigenvalue weighted by molar-refractivity contribution is 5.32. The number of nitrogens with two attached hydrogens (primary N) is 1. The van der Waals surface area contributed by atoms with Crippen molar-refractivity contribution in [2.75, 3.05) is 13.2 Å². The average molecular weight is 291 g/mol. The molecule has 0 saturated heterocycles. The van der Waals surface area contributed by atoms with Crippen molar-refractivity contribution in [2.45, 2.75) is 58.1 Å². The molecule has 1 fully saturated rings. The average Bonchev–Trinajstić information content (AvgIpc) is 2.47. The second-order valence-corrected chi connectivity index (χ2v) is 6.18. The van der Waals surface area contributed by atoms with Crippen LogP contribution in [0.25, 0.3) is 0 Å². The van der Waals surface area contributed by atoms with Gasteiger partial charge in [0.25, 0.3) is 0 Å². The first kappa shape index (κ1) is 16.3. The first-order valence-corrected chi connectivity index (χ1v) is 8.23. The first-order chi connectivity index (χ1) is 10.1. The minimum Gasteiger partial charge on any atom is -0.494 e. The van der Waals surface area contributed by atoms with E-state index in [1.165, 1.54) is 12.8 Å². The van der Waals surface area contributed by atoms with Crippen LogP contribution in [0.2, 0.25) is 0 Å². The molecule has 3 unspecified atom stereocenters. The zero-order valence-electron chi connectivity index (χ0n) is 13.6. The van der Waals surface area contributed by atoms with Gasteiger partial charge < -0.3 is 15.2 Å². The van der Waals surface area contributed by atoms with E-state index >= 15 is 0 Å². The van der Waals surface area contributed by atoms with Crippen molar-refractivity contribution in [2.24, 2.45) is 11.7 Å². The van der Waals surface area contributed by atoms with Crippen molar-refractivity contribution in [3.63, 3.8) is 0 Å². The summed E-state index contributed by atoms with van der Waals surface area (Å²) in [5.41, 5.74) is 7.53. The monoisotopic (exact) mass is 291 g/mol. The van der Waals surface area contributed by atoms with E-state index in [-0.39, 0.29) is 11.6 Å². The van der Waals surface area contributed by atoms with Gasteiger partial charge in [0.2, 0.25) is 0 Å². The van der Waals surface area contributed by atoms with E-state index in [0.29, 0.717) is 19.1 Å². The van der Waals surface area contributed by atoms with Crippen LogP contribution in [0, 0.1) is 5.92 Å². The fourth-order valence-electron chi connectivity index (χ4n) is 3.60. The zero-order chi connectivity index (χ0) is 15.3. The normalized spacial score (nSPS) is 27.3. The Morgan fingerprint density at radius 2 is 2.14 bits per heavy atom. The Balaban J connectivity index is 2.25. The zero-order valence-corrected chi connectivity index (χ0v) is 13.6. The Bertz CT molecular complexity index is 445. The summed E-state index contributed by atoms with van der Waals surface area (Å²) >= 11 is 0.